The second-order valence-electron chi connectivity index (χ2n) is 4.57. The summed E-state index contributed by atoms with van der Waals surface area (Å²) in [5.74, 6) is 0.0772. The molecular formula is C16H16O2S. The minimum Gasteiger partial charge on any atom is -0.300 e. The molecule has 0 heterocycles. The van der Waals surface area contributed by atoms with E-state index in [2.05, 4.69) is 0 Å². The highest BCUT2D eigenvalue weighted by molar-refractivity contribution is 7.85. The fourth-order valence-corrected chi connectivity index (χ4v) is 3.11. The number of ketones is 1. The highest BCUT2D eigenvalue weighted by Gasteiger charge is 2.12. The summed E-state index contributed by atoms with van der Waals surface area (Å²) < 4.78 is 12.6. The average molecular weight is 272 g/mol. The molecule has 2 aromatic carbocycles. The van der Waals surface area contributed by atoms with Gasteiger partial charge in [0.2, 0.25) is 0 Å². The molecule has 0 bridgehead atoms. The Morgan fingerprint density at radius 3 is 2.32 bits per heavy atom. The monoisotopic (exact) mass is 272 g/mol. The first-order chi connectivity index (χ1) is 9.08. The fourth-order valence-electron chi connectivity index (χ4n) is 1.89. The number of Topliss-reactive ketones (excluding diaryl/α,β-unsaturated/α-hetero) is 1. The van der Waals surface area contributed by atoms with Gasteiger partial charge in [-0.1, -0.05) is 35.9 Å². The average Bonchev–Trinajstić information content (AvgIpc) is 2.39. The summed E-state index contributed by atoms with van der Waals surface area (Å²) >= 11 is 0. The van der Waals surface area contributed by atoms with E-state index in [1.807, 2.05) is 55.5 Å². The topological polar surface area (TPSA) is 34.1 Å². The SMILES string of the molecule is CC(=O)Cc1ccccc1S(=O)c1ccc(C)cc1. The fraction of sp³-hybridized carbons (Fsp3) is 0.188. The molecule has 0 saturated heterocycles. The largest absolute Gasteiger partial charge is 0.300 e. The van der Waals surface area contributed by atoms with Gasteiger partial charge in [0.1, 0.15) is 5.78 Å². The summed E-state index contributed by atoms with van der Waals surface area (Å²) in [5.41, 5.74) is 1.98. The van der Waals surface area contributed by atoms with Crippen molar-refractivity contribution in [2.75, 3.05) is 0 Å². The molecule has 0 radical (unpaired) electrons. The van der Waals surface area contributed by atoms with Crippen molar-refractivity contribution in [2.45, 2.75) is 30.1 Å². The Morgan fingerprint density at radius 1 is 1.05 bits per heavy atom. The van der Waals surface area contributed by atoms with E-state index in [-0.39, 0.29) is 5.78 Å². The first-order valence-electron chi connectivity index (χ1n) is 6.13. The van der Waals surface area contributed by atoms with Crippen LogP contribution in [0.4, 0.5) is 0 Å². The van der Waals surface area contributed by atoms with Crippen LogP contribution in [0.3, 0.4) is 0 Å². The van der Waals surface area contributed by atoms with Gasteiger partial charge in [-0.3, -0.25) is 4.79 Å². The Labute approximate surface area is 115 Å². The molecule has 0 N–H and O–H groups in total. The van der Waals surface area contributed by atoms with Gasteiger partial charge in [0.15, 0.2) is 0 Å². The van der Waals surface area contributed by atoms with E-state index in [1.165, 1.54) is 0 Å². The Hall–Kier alpha value is -1.74. The Morgan fingerprint density at radius 2 is 1.68 bits per heavy atom. The summed E-state index contributed by atoms with van der Waals surface area (Å²) in [6.45, 7) is 3.54. The van der Waals surface area contributed by atoms with Crippen LogP contribution < -0.4 is 0 Å². The van der Waals surface area contributed by atoms with Gasteiger partial charge in [0.25, 0.3) is 0 Å². The highest BCUT2D eigenvalue weighted by Crippen LogP contribution is 2.21. The molecule has 0 aromatic heterocycles. The molecule has 0 saturated carbocycles. The summed E-state index contributed by atoms with van der Waals surface area (Å²) in [7, 11) is -1.24. The molecule has 2 nitrogen and oxygen atoms in total. The van der Waals surface area contributed by atoms with Gasteiger partial charge in [-0.15, -0.1) is 0 Å². The van der Waals surface area contributed by atoms with Crippen molar-refractivity contribution in [3.05, 3.63) is 59.7 Å². The van der Waals surface area contributed by atoms with Crippen molar-refractivity contribution in [1.29, 1.82) is 0 Å². The van der Waals surface area contributed by atoms with Gasteiger partial charge >= 0.3 is 0 Å². The van der Waals surface area contributed by atoms with Crippen molar-refractivity contribution in [3.8, 4) is 0 Å². The van der Waals surface area contributed by atoms with Crippen molar-refractivity contribution < 1.29 is 9.00 Å². The maximum atomic E-state index is 12.6. The molecule has 2 aromatic rings. The highest BCUT2D eigenvalue weighted by atomic mass is 32.2. The second-order valence-corrected chi connectivity index (χ2v) is 6.02. The summed E-state index contributed by atoms with van der Waals surface area (Å²) in [5, 5.41) is 0. The van der Waals surface area contributed by atoms with E-state index in [4.69, 9.17) is 0 Å². The third-order valence-electron chi connectivity index (χ3n) is 2.85. The van der Waals surface area contributed by atoms with Crippen LogP contribution in [0.15, 0.2) is 58.3 Å². The molecule has 98 valence electrons. The predicted molar refractivity (Wildman–Crippen MR) is 76.7 cm³/mol. The second kappa shape index (κ2) is 5.93. The zero-order valence-corrected chi connectivity index (χ0v) is 11.9. The lowest BCUT2D eigenvalue weighted by atomic mass is 10.1. The van der Waals surface area contributed by atoms with Gasteiger partial charge < -0.3 is 0 Å². The Balaban J connectivity index is 2.38. The number of hydrogen-bond acceptors (Lipinski definition) is 2. The maximum Gasteiger partial charge on any atom is 0.134 e. The molecule has 1 atom stereocenters. The number of rotatable bonds is 4. The van der Waals surface area contributed by atoms with Crippen LogP contribution in [0.2, 0.25) is 0 Å². The summed E-state index contributed by atoms with van der Waals surface area (Å²) in [4.78, 5) is 12.8. The third-order valence-corrected chi connectivity index (χ3v) is 4.34. The smallest absolute Gasteiger partial charge is 0.134 e. The molecule has 0 spiro atoms. The first-order valence-corrected chi connectivity index (χ1v) is 7.28. The minimum atomic E-state index is -1.24. The molecular weight excluding hydrogens is 256 g/mol. The van der Waals surface area contributed by atoms with Crippen LogP contribution in [-0.4, -0.2) is 9.99 Å². The van der Waals surface area contributed by atoms with Crippen LogP contribution in [0.1, 0.15) is 18.1 Å². The molecule has 0 aliphatic heterocycles. The maximum absolute atomic E-state index is 12.6. The van der Waals surface area contributed by atoms with Crippen LogP contribution in [0, 0.1) is 6.92 Å². The van der Waals surface area contributed by atoms with Gasteiger partial charge in [-0.2, -0.15) is 0 Å². The van der Waals surface area contributed by atoms with Gasteiger partial charge in [-0.05, 0) is 37.6 Å². The van der Waals surface area contributed by atoms with Gasteiger partial charge in [0.05, 0.1) is 10.8 Å². The summed E-state index contributed by atoms with van der Waals surface area (Å²) in [6.07, 6.45) is 0.327. The number of hydrogen-bond donors (Lipinski definition) is 0. The summed E-state index contributed by atoms with van der Waals surface area (Å²) in [6, 6.07) is 15.0. The van der Waals surface area contributed by atoms with Crippen molar-refractivity contribution >= 4 is 16.6 Å². The van der Waals surface area contributed by atoms with Crippen LogP contribution in [-0.2, 0) is 22.0 Å². The van der Waals surface area contributed by atoms with Crippen molar-refractivity contribution in [3.63, 3.8) is 0 Å². The molecule has 1 unspecified atom stereocenters. The molecule has 2 rings (SSSR count). The van der Waals surface area contributed by atoms with E-state index in [1.54, 1.807) is 6.92 Å². The van der Waals surface area contributed by atoms with Crippen LogP contribution >= 0.6 is 0 Å². The standard InChI is InChI=1S/C16H16O2S/c1-12-7-9-15(10-8-12)19(18)16-6-4-3-5-14(16)11-13(2)17/h3-10H,11H2,1-2H3. The Bertz CT molecular complexity index is 615. The normalized spacial score (nSPS) is 12.1. The molecule has 19 heavy (non-hydrogen) atoms. The lowest BCUT2D eigenvalue weighted by Gasteiger charge is -2.08. The number of carbonyl (C=O) groups is 1. The van der Waals surface area contributed by atoms with E-state index in [0.717, 1.165) is 20.9 Å². The predicted octanol–water partition coefficient (Wildman–Crippen LogP) is 3.29. The molecule has 0 aliphatic carbocycles. The van der Waals surface area contributed by atoms with E-state index >= 15 is 0 Å². The Kier molecular flexibility index (Phi) is 4.27. The van der Waals surface area contributed by atoms with E-state index in [0.29, 0.717) is 6.42 Å². The minimum absolute atomic E-state index is 0.0772. The van der Waals surface area contributed by atoms with Crippen LogP contribution in [0.5, 0.6) is 0 Å². The zero-order valence-electron chi connectivity index (χ0n) is 11.1. The zero-order chi connectivity index (χ0) is 13.8. The van der Waals surface area contributed by atoms with Gasteiger partial charge in [0, 0.05) is 16.2 Å². The van der Waals surface area contributed by atoms with E-state index < -0.39 is 10.8 Å². The number of carbonyl (C=O) groups excluding carboxylic acids is 1. The molecule has 0 fully saturated rings. The number of benzene rings is 2. The van der Waals surface area contributed by atoms with E-state index in [9.17, 15) is 9.00 Å². The number of aryl methyl sites for hydroxylation is 1. The van der Waals surface area contributed by atoms with Gasteiger partial charge in [-0.25, -0.2) is 4.21 Å². The quantitative estimate of drug-likeness (QED) is 0.856. The molecule has 0 aliphatic rings. The van der Waals surface area contributed by atoms with Crippen LogP contribution in [0.25, 0.3) is 0 Å². The lowest BCUT2D eigenvalue weighted by Crippen LogP contribution is -2.03. The third kappa shape index (κ3) is 3.38. The lowest BCUT2D eigenvalue weighted by molar-refractivity contribution is -0.116. The molecule has 0 amide bonds. The molecule has 3 heteroatoms. The van der Waals surface area contributed by atoms with Crippen molar-refractivity contribution in [1.82, 2.24) is 0 Å². The van der Waals surface area contributed by atoms with Crippen molar-refractivity contribution in [2.24, 2.45) is 0 Å². The first kappa shape index (κ1) is 13.7.